The van der Waals surface area contributed by atoms with Crippen molar-refractivity contribution in [1.82, 2.24) is 14.8 Å². The summed E-state index contributed by atoms with van der Waals surface area (Å²) >= 11 is 3.56. The van der Waals surface area contributed by atoms with Gasteiger partial charge in [-0.1, -0.05) is 54.2 Å². The minimum Gasteiger partial charge on any atom is -0.485 e. The SMILES string of the molecule is C=CCn1c(COc2cccc3ccccc23)nnc1SCC(=O)Nc1ccc(I)cc1. The second kappa shape index (κ2) is 10.6. The van der Waals surface area contributed by atoms with E-state index in [-0.39, 0.29) is 18.3 Å². The van der Waals surface area contributed by atoms with E-state index in [1.807, 2.05) is 59.2 Å². The summed E-state index contributed by atoms with van der Waals surface area (Å²) in [4.78, 5) is 12.3. The molecular weight excluding hydrogens is 535 g/mol. The molecule has 3 aromatic carbocycles. The van der Waals surface area contributed by atoms with E-state index in [4.69, 9.17) is 4.74 Å². The van der Waals surface area contributed by atoms with Gasteiger partial charge in [0.15, 0.2) is 11.0 Å². The smallest absolute Gasteiger partial charge is 0.234 e. The summed E-state index contributed by atoms with van der Waals surface area (Å²) < 4.78 is 9.11. The van der Waals surface area contributed by atoms with Crippen LogP contribution >= 0.6 is 34.4 Å². The van der Waals surface area contributed by atoms with E-state index in [2.05, 4.69) is 56.8 Å². The minimum atomic E-state index is -0.0992. The zero-order chi connectivity index (χ0) is 22.3. The van der Waals surface area contributed by atoms with E-state index in [9.17, 15) is 4.79 Å². The first-order chi connectivity index (χ1) is 15.6. The lowest BCUT2D eigenvalue weighted by Crippen LogP contribution is -2.15. The quantitative estimate of drug-likeness (QED) is 0.167. The number of fused-ring (bicyclic) bond motifs is 1. The highest BCUT2D eigenvalue weighted by molar-refractivity contribution is 14.1. The zero-order valence-electron chi connectivity index (χ0n) is 17.2. The predicted molar refractivity (Wildman–Crippen MR) is 137 cm³/mol. The number of anilines is 1. The number of hydrogen-bond donors (Lipinski definition) is 1. The summed E-state index contributed by atoms with van der Waals surface area (Å²) in [6.07, 6.45) is 1.78. The molecule has 32 heavy (non-hydrogen) atoms. The molecule has 0 radical (unpaired) electrons. The first-order valence-electron chi connectivity index (χ1n) is 9.96. The van der Waals surface area contributed by atoms with Crippen LogP contribution in [0.3, 0.4) is 0 Å². The highest BCUT2D eigenvalue weighted by Gasteiger charge is 2.15. The molecule has 0 aliphatic carbocycles. The summed E-state index contributed by atoms with van der Waals surface area (Å²) in [5.74, 6) is 1.60. The van der Waals surface area contributed by atoms with Gasteiger partial charge >= 0.3 is 0 Å². The molecule has 6 nitrogen and oxygen atoms in total. The Hall–Kier alpha value is -2.85. The fourth-order valence-electron chi connectivity index (χ4n) is 3.17. The number of ether oxygens (including phenoxy) is 1. The van der Waals surface area contributed by atoms with Gasteiger partial charge in [-0.3, -0.25) is 9.36 Å². The number of halogens is 1. The van der Waals surface area contributed by atoms with Crippen LogP contribution in [0.25, 0.3) is 10.8 Å². The molecule has 0 aliphatic rings. The van der Waals surface area contributed by atoms with Crippen molar-refractivity contribution in [3.8, 4) is 5.75 Å². The molecule has 1 amide bonds. The number of nitrogens with zero attached hydrogens (tertiary/aromatic N) is 3. The molecule has 8 heteroatoms. The Morgan fingerprint density at radius 2 is 1.88 bits per heavy atom. The average molecular weight is 556 g/mol. The second-order valence-corrected chi connectivity index (χ2v) is 9.10. The Balaban J connectivity index is 1.42. The van der Waals surface area contributed by atoms with Crippen molar-refractivity contribution < 1.29 is 9.53 Å². The summed E-state index contributed by atoms with van der Waals surface area (Å²) in [6.45, 7) is 4.63. The molecule has 0 aliphatic heterocycles. The molecule has 162 valence electrons. The van der Waals surface area contributed by atoms with Gasteiger partial charge in [-0.2, -0.15) is 0 Å². The lowest BCUT2D eigenvalue weighted by atomic mass is 10.1. The molecule has 1 aromatic heterocycles. The lowest BCUT2D eigenvalue weighted by Gasteiger charge is -2.11. The number of thioether (sulfide) groups is 1. The number of carbonyl (C=O) groups excluding carboxylic acids is 1. The Morgan fingerprint density at radius 3 is 2.69 bits per heavy atom. The van der Waals surface area contributed by atoms with Crippen LogP contribution in [0, 0.1) is 3.57 Å². The molecular formula is C24H21IN4O2S. The van der Waals surface area contributed by atoms with Crippen molar-refractivity contribution in [2.75, 3.05) is 11.1 Å². The van der Waals surface area contributed by atoms with Crippen LogP contribution in [0.5, 0.6) is 5.75 Å². The third-order valence-corrected chi connectivity index (χ3v) is 6.36. The molecule has 4 rings (SSSR count). The van der Waals surface area contributed by atoms with Crippen molar-refractivity contribution in [1.29, 1.82) is 0 Å². The van der Waals surface area contributed by atoms with Gasteiger partial charge in [0, 0.05) is 21.2 Å². The van der Waals surface area contributed by atoms with E-state index in [1.54, 1.807) is 6.08 Å². The van der Waals surface area contributed by atoms with Gasteiger partial charge in [0.1, 0.15) is 12.4 Å². The van der Waals surface area contributed by atoms with Crippen LogP contribution in [-0.2, 0) is 17.9 Å². The van der Waals surface area contributed by atoms with Gasteiger partial charge in [-0.25, -0.2) is 0 Å². The zero-order valence-corrected chi connectivity index (χ0v) is 20.2. The molecule has 4 aromatic rings. The number of aromatic nitrogens is 3. The number of allylic oxidation sites excluding steroid dienone is 1. The molecule has 0 fully saturated rings. The van der Waals surface area contributed by atoms with E-state index < -0.39 is 0 Å². The first kappa shape index (κ1) is 22.3. The van der Waals surface area contributed by atoms with E-state index in [1.165, 1.54) is 11.8 Å². The van der Waals surface area contributed by atoms with Gasteiger partial charge in [-0.15, -0.1) is 16.8 Å². The Morgan fingerprint density at radius 1 is 1.09 bits per heavy atom. The monoisotopic (exact) mass is 556 g/mol. The largest absolute Gasteiger partial charge is 0.485 e. The van der Waals surface area contributed by atoms with E-state index in [0.29, 0.717) is 17.5 Å². The molecule has 1 heterocycles. The van der Waals surface area contributed by atoms with E-state index >= 15 is 0 Å². The van der Waals surface area contributed by atoms with Crippen molar-refractivity contribution in [2.24, 2.45) is 0 Å². The summed E-state index contributed by atoms with van der Waals surface area (Å²) in [7, 11) is 0. The molecule has 0 spiro atoms. The van der Waals surface area contributed by atoms with Gasteiger partial charge in [0.2, 0.25) is 5.91 Å². The molecule has 0 saturated carbocycles. The van der Waals surface area contributed by atoms with Crippen LogP contribution in [-0.4, -0.2) is 26.4 Å². The maximum Gasteiger partial charge on any atom is 0.234 e. The van der Waals surface area contributed by atoms with Gasteiger partial charge in [0.05, 0.1) is 5.75 Å². The fraction of sp³-hybridized carbons (Fsp3) is 0.125. The number of carbonyl (C=O) groups is 1. The normalized spacial score (nSPS) is 10.8. The third-order valence-electron chi connectivity index (χ3n) is 4.67. The summed E-state index contributed by atoms with van der Waals surface area (Å²) in [5.41, 5.74) is 0.771. The van der Waals surface area contributed by atoms with Crippen LogP contribution in [0.4, 0.5) is 5.69 Å². The van der Waals surface area contributed by atoms with Crippen LogP contribution in [0.2, 0.25) is 0 Å². The highest BCUT2D eigenvalue weighted by Crippen LogP contribution is 2.26. The third kappa shape index (κ3) is 5.49. The second-order valence-electron chi connectivity index (χ2n) is 6.91. The van der Waals surface area contributed by atoms with Crippen LogP contribution < -0.4 is 10.1 Å². The first-order valence-corrected chi connectivity index (χ1v) is 12.0. The van der Waals surface area contributed by atoms with Crippen molar-refractivity contribution in [3.63, 3.8) is 0 Å². The Labute approximate surface area is 204 Å². The summed E-state index contributed by atoms with van der Waals surface area (Å²) in [5, 5.41) is 14.3. The maximum atomic E-state index is 12.3. The minimum absolute atomic E-state index is 0.0992. The predicted octanol–water partition coefficient (Wildman–Crippen LogP) is 5.53. The Bertz CT molecular complexity index is 1240. The van der Waals surface area contributed by atoms with Gasteiger partial charge in [0.25, 0.3) is 0 Å². The van der Waals surface area contributed by atoms with Crippen LogP contribution in [0.1, 0.15) is 5.82 Å². The number of hydrogen-bond acceptors (Lipinski definition) is 5. The van der Waals surface area contributed by atoms with Crippen LogP contribution in [0.15, 0.2) is 84.5 Å². The number of rotatable bonds is 9. The topological polar surface area (TPSA) is 69.0 Å². The van der Waals surface area contributed by atoms with E-state index in [0.717, 1.165) is 25.8 Å². The van der Waals surface area contributed by atoms with Crippen molar-refractivity contribution >= 4 is 56.7 Å². The average Bonchev–Trinajstić information content (AvgIpc) is 3.19. The van der Waals surface area contributed by atoms with Crippen molar-refractivity contribution in [3.05, 3.63) is 88.8 Å². The number of amides is 1. The molecule has 0 atom stereocenters. The lowest BCUT2D eigenvalue weighted by molar-refractivity contribution is -0.113. The van der Waals surface area contributed by atoms with Crippen molar-refractivity contribution in [2.45, 2.75) is 18.3 Å². The fourth-order valence-corrected chi connectivity index (χ4v) is 4.30. The summed E-state index contributed by atoms with van der Waals surface area (Å²) in [6, 6.07) is 21.7. The Kier molecular flexibility index (Phi) is 7.43. The van der Waals surface area contributed by atoms with Gasteiger partial charge < -0.3 is 10.1 Å². The van der Waals surface area contributed by atoms with Gasteiger partial charge in [-0.05, 0) is 58.3 Å². The maximum absolute atomic E-state index is 12.3. The number of benzene rings is 3. The standard InChI is InChI=1S/C24H21IN4O2S/c1-2-14-29-22(15-31-21-9-5-7-17-6-3-4-8-20(17)21)27-28-24(29)32-16-23(30)26-19-12-10-18(25)11-13-19/h2-13H,1,14-16H2,(H,26,30). The molecule has 0 unspecified atom stereocenters. The molecule has 0 bridgehead atoms. The molecule has 0 saturated heterocycles. The highest BCUT2D eigenvalue weighted by atomic mass is 127. The molecule has 1 N–H and O–H groups in total. The number of nitrogens with one attached hydrogen (secondary N) is 1.